The van der Waals surface area contributed by atoms with Gasteiger partial charge in [-0.3, -0.25) is 4.79 Å². The van der Waals surface area contributed by atoms with E-state index in [1.54, 1.807) is 28.8 Å². The van der Waals surface area contributed by atoms with Gasteiger partial charge in [-0.25, -0.2) is 13.9 Å². The standard InChI is InChI=1S/C24H32FN5O4/c1-29(17-6-3-4-7-17)24(32)26-14-21-23(27-28-30(21)2)16-10-11-22(20(25)12-16)34-19-9-5-8-18(13-19)33-15-31/h10-12,15,17-19H,3-9,13-14H2,1-2H3,(H,26,32)/t18-,19-/m0/s1. The highest BCUT2D eigenvalue weighted by atomic mass is 19.1. The van der Waals surface area contributed by atoms with E-state index in [1.807, 2.05) is 7.05 Å². The Labute approximate surface area is 198 Å². The van der Waals surface area contributed by atoms with Gasteiger partial charge in [-0.15, -0.1) is 5.10 Å². The number of nitrogens with one attached hydrogen (secondary N) is 1. The zero-order chi connectivity index (χ0) is 24.1. The van der Waals surface area contributed by atoms with Crippen LogP contribution in [-0.2, 0) is 23.1 Å². The van der Waals surface area contributed by atoms with Crippen molar-refractivity contribution in [3.63, 3.8) is 0 Å². The van der Waals surface area contributed by atoms with E-state index in [1.165, 1.54) is 6.07 Å². The quantitative estimate of drug-likeness (QED) is 0.589. The van der Waals surface area contributed by atoms with Crippen LogP contribution in [0.5, 0.6) is 5.75 Å². The molecule has 0 radical (unpaired) electrons. The number of carbonyl (C=O) groups excluding carboxylic acids is 2. The summed E-state index contributed by atoms with van der Waals surface area (Å²) in [6.07, 6.45) is 6.93. The van der Waals surface area contributed by atoms with Crippen molar-refractivity contribution in [3.05, 3.63) is 29.7 Å². The molecule has 2 aromatic rings. The Hall–Kier alpha value is -3.17. The Balaban J connectivity index is 1.42. The molecule has 184 valence electrons. The molecular weight excluding hydrogens is 441 g/mol. The second kappa shape index (κ2) is 10.8. The van der Waals surface area contributed by atoms with Crippen LogP contribution in [0.3, 0.4) is 0 Å². The lowest BCUT2D eigenvalue weighted by Gasteiger charge is -2.28. The first-order valence-corrected chi connectivity index (χ1v) is 11.9. The minimum Gasteiger partial charge on any atom is -0.487 e. The third-order valence-corrected chi connectivity index (χ3v) is 6.87. The number of hydrogen-bond donors (Lipinski definition) is 1. The molecule has 4 rings (SSSR count). The van der Waals surface area contributed by atoms with Crippen molar-refractivity contribution in [1.82, 2.24) is 25.2 Å². The van der Waals surface area contributed by atoms with E-state index in [0.29, 0.717) is 29.8 Å². The number of amides is 2. The second-order valence-electron chi connectivity index (χ2n) is 9.12. The third kappa shape index (κ3) is 5.48. The van der Waals surface area contributed by atoms with Gasteiger partial charge in [0.15, 0.2) is 11.6 Å². The number of hydrogen-bond acceptors (Lipinski definition) is 6. The number of halogens is 1. The molecule has 0 aliphatic heterocycles. The fourth-order valence-electron chi connectivity index (χ4n) is 4.88. The fourth-order valence-corrected chi connectivity index (χ4v) is 4.88. The van der Waals surface area contributed by atoms with Gasteiger partial charge in [0.05, 0.1) is 12.2 Å². The fraction of sp³-hybridized carbons (Fsp3) is 0.583. The highest BCUT2D eigenvalue weighted by molar-refractivity contribution is 5.74. The first kappa shape index (κ1) is 24.0. The molecule has 0 unspecified atom stereocenters. The third-order valence-electron chi connectivity index (χ3n) is 6.87. The summed E-state index contributed by atoms with van der Waals surface area (Å²) in [5.74, 6) is -0.352. The molecule has 10 heteroatoms. The molecule has 1 heterocycles. The molecule has 2 atom stereocenters. The maximum absolute atomic E-state index is 14.9. The topological polar surface area (TPSA) is 98.6 Å². The van der Waals surface area contributed by atoms with Crippen LogP contribution in [-0.4, -0.2) is 57.7 Å². The van der Waals surface area contributed by atoms with Gasteiger partial charge in [0.1, 0.15) is 17.9 Å². The molecule has 2 aliphatic rings. The molecule has 2 amide bonds. The number of carbonyl (C=O) groups is 2. The number of aromatic nitrogens is 3. The van der Waals surface area contributed by atoms with Crippen LogP contribution in [0.15, 0.2) is 18.2 Å². The summed E-state index contributed by atoms with van der Waals surface area (Å²) in [6, 6.07) is 4.83. The lowest BCUT2D eigenvalue weighted by Crippen LogP contribution is -2.42. The molecule has 34 heavy (non-hydrogen) atoms. The van der Waals surface area contributed by atoms with Crippen molar-refractivity contribution in [2.45, 2.75) is 76.2 Å². The van der Waals surface area contributed by atoms with Gasteiger partial charge < -0.3 is 19.7 Å². The molecule has 0 bridgehead atoms. The molecule has 1 aromatic heterocycles. The zero-order valence-electron chi connectivity index (χ0n) is 19.7. The minimum atomic E-state index is -0.502. The highest BCUT2D eigenvalue weighted by Crippen LogP contribution is 2.30. The molecule has 1 N–H and O–H groups in total. The number of urea groups is 1. The Kier molecular flexibility index (Phi) is 7.64. The maximum Gasteiger partial charge on any atom is 0.317 e. The van der Waals surface area contributed by atoms with Crippen molar-refractivity contribution in [2.75, 3.05) is 7.05 Å². The van der Waals surface area contributed by atoms with Gasteiger partial charge in [-0.2, -0.15) is 0 Å². The Morgan fingerprint density at radius 3 is 2.74 bits per heavy atom. The van der Waals surface area contributed by atoms with E-state index >= 15 is 0 Å². The van der Waals surface area contributed by atoms with Crippen molar-refractivity contribution >= 4 is 12.5 Å². The maximum atomic E-state index is 14.9. The van der Waals surface area contributed by atoms with Crippen molar-refractivity contribution in [2.24, 2.45) is 7.05 Å². The first-order chi connectivity index (χ1) is 16.5. The smallest absolute Gasteiger partial charge is 0.317 e. The number of ether oxygens (including phenoxy) is 2. The lowest BCUT2D eigenvalue weighted by atomic mass is 9.95. The van der Waals surface area contributed by atoms with E-state index < -0.39 is 5.82 Å². The van der Waals surface area contributed by atoms with Crippen molar-refractivity contribution in [3.8, 4) is 17.0 Å². The summed E-state index contributed by atoms with van der Waals surface area (Å²) in [6.45, 7) is 0.685. The van der Waals surface area contributed by atoms with E-state index in [0.717, 1.165) is 44.9 Å². The zero-order valence-corrected chi connectivity index (χ0v) is 19.7. The predicted octanol–water partition coefficient (Wildman–Crippen LogP) is 3.57. The molecule has 1 aromatic carbocycles. The lowest BCUT2D eigenvalue weighted by molar-refractivity contribution is -0.136. The number of rotatable bonds is 8. The largest absolute Gasteiger partial charge is 0.487 e. The molecular formula is C24H32FN5O4. The van der Waals surface area contributed by atoms with E-state index in [-0.39, 0.29) is 36.6 Å². The Bertz CT molecular complexity index is 1010. The van der Waals surface area contributed by atoms with E-state index in [9.17, 15) is 14.0 Å². The van der Waals surface area contributed by atoms with E-state index in [2.05, 4.69) is 15.6 Å². The molecule has 0 spiro atoms. The van der Waals surface area contributed by atoms with Crippen LogP contribution >= 0.6 is 0 Å². The van der Waals surface area contributed by atoms with Gasteiger partial charge in [-0.1, -0.05) is 18.1 Å². The summed E-state index contributed by atoms with van der Waals surface area (Å²) in [4.78, 5) is 25.0. The molecule has 2 fully saturated rings. The van der Waals surface area contributed by atoms with Crippen LogP contribution in [0, 0.1) is 5.82 Å². The van der Waals surface area contributed by atoms with Crippen molar-refractivity contribution < 1.29 is 23.5 Å². The normalized spacial score (nSPS) is 20.7. The summed E-state index contributed by atoms with van der Waals surface area (Å²) < 4.78 is 27.4. The first-order valence-electron chi connectivity index (χ1n) is 11.9. The number of benzene rings is 1. The predicted molar refractivity (Wildman–Crippen MR) is 122 cm³/mol. The van der Waals surface area contributed by atoms with Crippen LogP contribution in [0.25, 0.3) is 11.3 Å². The van der Waals surface area contributed by atoms with Crippen LogP contribution in [0.2, 0.25) is 0 Å². The second-order valence-corrected chi connectivity index (χ2v) is 9.12. The van der Waals surface area contributed by atoms with E-state index in [4.69, 9.17) is 9.47 Å². The van der Waals surface area contributed by atoms with Gasteiger partial charge in [0.2, 0.25) is 0 Å². The van der Waals surface area contributed by atoms with Crippen molar-refractivity contribution in [1.29, 1.82) is 0 Å². The van der Waals surface area contributed by atoms with Crippen LogP contribution in [0.1, 0.15) is 57.1 Å². The number of aryl methyl sites for hydroxylation is 1. The summed E-state index contributed by atoms with van der Waals surface area (Å²) >= 11 is 0. The van der Waals surface area contributed by atoms with Gasteiger partial charge in [0.25, 0.3) is 6.47 Å². The van der Waals surface area contributed by atoms with Gasteiger partial charge in [-0.05, 0) is 50.3 Å². The average molecular weight is 474 g/mol. The summed E-state index contributed by atoms with van der Waals surface area (Å²) in [5, 5.41) is 11.2. The monoisotopic (exact) mass is 473 g/mol. The number of nitrogens with zero attached hydrogens (tertiary/aromatic N) is 4. The minimum absolute atomic E-state index is 0.140. The summed E-state index contributed by atoms with van der Waals surface area (Å²) in [7, 11) is 3.56. The Morgan fingerprint density at radius 2 is 2.00 bits per heavy atom. The van der Waals surface area contributed by atoms with Gasteiger partial charge >= 0.3 is 6.03 Å². The molecule has 9 nitrogen and oxygen atoms in total. The average Bonchev–Trinajstić information content (AvgIpc) is 3.49. The summed E-state index contributed by atoms with van der Waals surface area (Å²) in [5.41, 5.74) is 1.74. The van der Waals surface area contributed by atoms with Gasteiger partial charge in [0, 0.05) is 32.1 Å². The Morgan fingerprint density at radius 1 is 1.24 bits per heavy atom. The molecule has 2 saturated carbocycles. The molecule has 0 saturated heterocycles. The SMILES string of the molecule is CN(C(=O)NCc1c(-c2ccc(O[C@H]3CCC[C@H](OC=O)C3)c(F)c2)nnn1C)C1CCCC1. The highest BCUT2D eigenvalue weighted by Gasteiger charge is 2.26. The van der Waals surface area contributed by atoms with Crippen LogP contribution < -0.4 is 10.1 Å². The molecule has 2 aliphatic carbocycles. The van der Waals surface area contributed by atoms with Crippen LogP contribution in [0.4, 0.5) is 9.18 Å².